The van der Waals surface area contributed by atoms with Gasteiger partial charge in [-0.15, -0.1) is 10.2 Å². The molecule has 5 nitrogen and oxygen atoms in total. The lowest BCUT2D eigenvalue weighted by atomic mass is 10.0. The number of aromatic amines is 1. The van der Waals surface area contributed by atoms with Crippen LogP contribution in [-0.4, -0.2) is 27.2 Å². The summed E-state index contributed by atoms with van der Waals surface area (Å²) in [5.74, 6) is 1.16. The van der Waals surface area contributed by atoms with Crippen LogP contribution in [0.5, 0.6) is 0 Å². The molecule has 0 radical (unpaired) electrons. The molecule has 5 heteroatoms. The Morgan fingerprint density at radius 2 is 2.00 bits per heavy atom. The number of rotatable bonds is 5. The third-order valence-corrected chi connectivity index (χ3v) is 2.85. The second-order valence-electron chi connectivity index (χ2n) is 4.21. The quantitative estimate of drug-likeness (QED) is 0.821. The molecule has 0 saturated carbocycles. The van der Waals surface area contributed by atoms with Gasteiger partial charge in [-0.05, 0) is 18.4 Å². The second kappa shape index (κ2) is 5.54. The Morgan fingerprint density at radius 3 is 2.65 bits per heavy atom. The van der Waals surface area contributed by atoms with E-state index in [-0.39, 0.29) is 6.04 Å². The first-order valence-electron chi connectivity index (χ1n) is 5.79. The van der Waals surface area contributed by atoms with Crippen molar-refractivity contribution in [2.75, 3.05) is 6.54 Å². The Hall–Kier alpha value is -1.75. The van der Waals surface area contributed by atoms with E-state index in [0.29, 0.717) is 11.7 Å². The van der Waals surface area contributed by atoms with Gasteiger partial charge in [0.15, 0.2) is 5.82 Å². The highest BCUT2D eigenvalue weighted by Gasteiger charge is 2.11. The zero-order valence-corrected chi connectivity index (χ0v) is 10.1. The first kappa shape index (κ1) is 11.7. The van der Waals surface area contributed by atoms with Crippen LogP contribution in [0.25, 0.3) is 0 Å². The van der Waals surface area contributed by atoms with Gasteiger partial charge < -0.3 is 5.32 Å². The lowest BCUT2D eigenvalue weighted by molar-refractivity contribution is 0.517. The third-order valence-electron chi connectivity index (χ3n) is 2.85. The van der Waals surface area contributed by atoms with Crippen LogP contribution in [0.15, 0.2) is 30.3 Å². The van der Waals surface area contributed by atoms with Gasteiger partial charge in [-0.3, -0.25) is 0 Å². The van der Waals surface area contributed by atoms with Gasteiger partial charge in [0.25, 0.3) is 0 Å². The van der Waals surface area contributed by atoms with Crippen molar-refractivity contribution in [3.8, 4) is 0 Å². The number of aromatic nitrogens is 4. The molecule has 1 aromatic carbocycles. The molecule has 2 aromatic rings. The average molecular weight is 231 g/mol. The highest BCUT2D eigenvalue weighted by molar-refractivity contribution is 5.19. The zero-order chi connectivity index (χ0) is 12.1. The molecule has 1 heterocycles. The fraction of sp³-hybridized carbons (Fsp3) is 0.417. The van der Waals surface area contributed by atoms with E-state index in [1.807, 2.05) is 13.0 Å². The molecule has 0 aliphatic heterocycles. The molecule has 0 bridgehead atoms. The summed E-state index contributed by atoms with van der Waals surface area (Å²) in [6.07, 6.45) is 0. The fourth-order valence-corrected chi connectivity index (χ4v) is 1.70. The van der Waals surface area contributed by atoms with Crippen molar-refractivity contribution in [3.05, 3.63) is 41.7 Å². The molecule has 2 unspecified atom stereocenters. The Balaban J connectivity index is 1.86. The number of H-pyrrole nitrogens is 1. The molecule has 0 fully saturated rings. The van der Waals surface area contributed by atoms with Gasteiger partial charge in [0.1, 0.15) is 0 Å². The summed E-state index contributed by atoms with van der Waals surface area (Å²) in [5.41, 5.74) is 1.33. The standard InChI is InChI=1S/C12H17N5/c1-9(11-6-4-3-5-7-11)8-13-10(2)12-14-16-17-15-12/h3-7,9-10,13H,8H2,1-2H3,(H,14,15,16,17). The van der Waals surface area contributed by atoms with Crippen LogP contribution in [0.2, 0.25) is 0 Å². The molecule has 0 amide bonds. The summed E-state index contributed by atoms with van der Waals surface area (Å²) in [6.45, 7) is 5.12. The van der Waals surface area contributed by atoms with Gasteiger partial charge >= 0.3 is 0 Å². The largest absolute Gasteiger partial charge is 0.307 e. The van der Waals surface area contributed by atoms with Gasteiger partial charge in [0.05, 0.1) is 6.04 Å². The molecule has 0 spiro atoms. The minimum atomic E-state index is 0.111. The highest BCUT2D eigenvalue weighted by atomic mass is 15.5. The normalized spacial score (nSPS) is 14.5. The van der Waals surface area contributed by atoms with E-state index < -0.39 is 0 Å². The number of nitrogens with zero attached hydrogens (tertiary/aromatic N) is 3. The van der Waals surface area contributed by atoms with Crippen molar-refractivity contribution in [1.29, 1.82) is 0 Å². The zero-order valence-electron chi connectivity index (χ0n) is 10.1. The fourth-order valence-electron chi connectivity index (χ4n) is 1.70. The summed E-state index contributed by atoms with van der Waals surface area (Å²) < 4.78 is 0. The van der Waals surface area contributed by atoms with Crippen molar-refractivity contribution in [2.45, 2.75) is 25.8 Å². The summed E-state index contributed by atoms with van der Waals surface area (Å²) in [4.78, 5) is 0. The maximum atomic E-state index is 3.96. The van der Waals surface area contributed by atoms with Crippen LogP contribution in [0, 0.1) is 0 Å². The van der Waals surface area contributed by atoms with Crippen LogP contribution < -0.4 is 5.32 Å². The summed E-state index contributed by atoms with van der Waals surface area (Å²) >= 11 is 0. The van der Waals surface area contributed by atoms with Gasteiger partial charge in [-0.2, -0.15) is 5.21 Å². The van der Waals surface area contributed by atoms with E-state index in [2.05, 4.69) is 57.1 Å². The van der Waals surface area contributed by atoms with Crippen molar-refractivity contribution < 1.29 is 0 Å². The molecule has 0 aliphatic carbocycles. The van der Waals surface area contributed by atoms with Crippen LogP contribution in [0.4, 0.5) is 0 Å². The molecular weight excluding hydrogens is 214 g/mol. The summed E-state index contributed by atoms with van der Waals surface area (Å²) in [6, 6.07) is 10.6. The van der Waals surface area contributed by atoms with E-state index in [4.69, 9.17) is 0 Å². The predicted molar refractivity (Wildman–Crippen MR) is 65.5 cm³/mol. The first-order valence-corrected chi connectivity index (χ1v) is 5.79. The molecule has 0 saturated heterocycles. The number of hydrogen-bond donors (Lipinski definition) is 2. The van der Waals surface area contributed by atoms with Gasteiger partial charge in [0, 0.05) is 6.54 Å². The Morgan fingerprint density at radius 1 is 1.24 bits per heavy atom. The highest BCUT2D eigenvalue weighted by Crippen LogP contribution is 2.14. The Kier molecular flexibility index (Phi) is 3.82. The van der Waals surface area contributed by atoms with Crippen molar-refractivity contribution >= 4 is 0 Å². The Bertz CT molecular complexity index is 425. The number of tetrazole rings is 1. The van der Waals surface area contributed by atoms with E-state index >= 15 is 0 Å². The number of benzene rings is 1. The van der Waals surface area contributed by atoms with E-state index in [1.165, 1.54) is 5.56 Å². The number of hydrogen-bond acceptors (Lipinski definition) is 4. The van der Waals surface area contributed by atoms with Crippen LogP contribution in [0.1, 0.15) is 37.2 Å². The molecule has 2 atom stereocenters. The van der Waals surface area contributed by atoms with E-state index in [9.17, 15) is 0 Å². The molecule has 90 valence electrons. The number of nitrogens with one attached hydrogen (secondary N) is 2. The van der Waals surface area contributed by atoms with E-state index in [0.717, 1.165) is 6.54 Å². The average Bonchev–Trinajstić information content (AvgIpc) is 2.90. The van der Waals surface area contributed by atoms with Crippen molar-refractivity contribution in [1.82, 2.24) is 25.9 Å². The van der Waals surface area contributed by atoms with Gasteiger partial charge in [-0.1, -0.05) is 42.5 Å². The van der Waals surface area contributed by atoms with Crippen LogP contribution in [-0.2, 0) is 0 Å². The molecular formula is C12H17N5. The summed E-state index contributed by atoms with van der Waals surface area (Å²) in [5, 5.41) is 17.3. The van der Waals surface area contributed by atoms with E-state index in [1.54, 1.807) is 0 Å². The SMILES string of the molecule is CC(CNC(C)c1nn[nH]n1)c1ccccc1. The molecule has 0 aliphatic rings. The lowest BCUT2D eigenvalue weighted by Gasteiger charge is -2.15. The second-order valence-corrected chi connectivity index (χ2v) is 4.21. The predicted octanol–water partition coefficient (Wildman–Crippen LogP) is 1.65. The van der Waals surface area contributed by atoms with Crippen molar-refractivity contribution in [2.24, 2.45) is 0 Å². The van der Waals surface area contributed by atoms with Crippen LogP contribution >= 0.6 is 0 Å². The van der Waals surface area contributed by atoms with Crippen molar-refractivity contribution in [3.63, 3.8) is 0 Å². The summed E-state index contributed by atoms with van der Waals surface area (Å²) in [7, 11) is 0. The topological polar surface area (TPSA) is 66.5 Å². The minimum absolute atomic E-state index is 0.111. The molecule has 2 rings (SSSR count). The monoisotopic (exact) mass is 231 g/mol. The first-order chi connectivity index (χ1) is 8.27. The minimum Gasteiger partial charge on any atom is -0.307 e. The lowest BCUT2D eigenvalue weighted by Crippen LogP contribution is -2.24. The molecule has 1 aromatic heterocycles. The van der Waals surface area contributed by atoms with Gasteiger partial charge in [0.2, 0.25) is 0 Å². The van der Waals surface area contributed by atoms with Gasteiger partial charge in [-0.25, -0.2) is 0 Å². The third kappa shape index (κ3) is 3.10. The molecule has 17 heavy (non-hydrogen) atoms. The van der Waals surface area contributed by atoms with Crippen LogP contribution in [0.3, 0.4) is 0 Å². The smallest absolute Gasteiger partial charge is 0.191 e. The molecule has 2 N–H and O–H groups in total. The maximum Gasteiger partial charge on any atom is 0.191 e. The Labute approximate surface area is 101 Å². The maximum absolute atomic E-state index is 3.96.